The summed E-state index contributed by atoms with van der Waals surface area (Å²) in [5.41, 5.74) is 1.47. The molecule has 18 heavy (non-hydrogen) atoms. The van der Waals surface area contributed by atoms with Crippen LogP contribution in [0, 0.1) is 5.92 Å². The Bertz CT molecular complexity index is 463. The highest BCUT2D eigenvalue weighted by molar-refractivity contribution is 7.10. The van der Waals surface area contributed by atoms with Crippen molar-refractivity contribution in [2.75, 3.05) is 6.54 Å². The molecule has 0 aliphatic carbocycles. The first kappa shape index (κ1) is 11.9. The minimum Gasteiger partial charge on any atom is -0.309 e. The molecular formula is C16H19NS. The summed E-state index contributed by atoms with van der Waals surface area (Å²) in [6.45, 7) is 1.16. The molecule has 1 aromatic heterocycles. The van der Waals surface area contributed by atoms with Crippen LogP contribution in [0.3, 0.4) is 0 Å². The Morgan fingerprint density at radius 3 is 2.78 bits per heavy atom. The van der Waals surface area contributed by atoms with Gasteiger partial charge in [-0.05, 0) is 48.7 Å². The summed E-state index contributed by atoms with van der Waals surface area (Å²) in [5, 5.41) is 5.89. The van der Waals surface area contributed by atoms with Crippen LogP contribution >= 0.6 is 11.3 Å². The van der Waals surface area contributed by atoms with E-state index in [9.17, 15) is 0 Å². The summed E-state index contributed by atoms with van der Waals surface area (Å²) in [7, 11) is 0. The molecule has 1 nitrogen and oxygen atoms in total. The Kier molecular flexibility index (Phi) is 3.77. The molecule has 2 atom stereocenters. The van der Waals surface area contributed by atoms with Crippen molar-refractivity contribution in [3.63, 3.8) is 0 Å². The van der Waals surface area contributed by atoms with Gasteiger partial charge in [-0.1, -0.05) is 36.4 Å². The predicted octanol–water partition coefficient (Wildman–Crippen LogP) is 4.03. The van der Waals surface area contributed by atoms with E-state index in [-0.39, 0.29) is 0 Å². The summed E-state index contributed by atoms with van der Waals surface area (Å²) < 4.78 is 0. The van der Waals surface area contributed by atoms with Crippen LogP contribution < -0.4 is 5.32 Å². The van der Waals surface area contributed by atoms with Crippen molar-refractivity contribution in [3.05, 3.63) is 58.3 Å². The van der Waals surface area contributed by atoms with E-state index in [2.05, 4.69) is 53.2 Å². The van der Waals surface area contributed by atoms with Crippen molar-refractivity contribution in [2.45, 2.75) is 25.3 Å². The second-order valence-electron chi connectivity index (χ2n) is 5.04. The fraction of sp³-hybridized carbons (Fsp3) is 0.375. The lowest BCUT2D eigenvalue weighted by molar-refractivity contribution is 0.286. The van der Waals surface area contributed by atoms with Gasteiger partial charge in [-0.3, -0.25) is 0 Å². The number of nitrogens with one attached hydrogen (secondary N) is 1. The van der Waals surface area contributed by atoms with Crippen LogP contribution in [0.5, 0.6) is 0 Å². The normalized spacial score (nSPS) is 24.0. The zero-order chi connectivity index (χ0) is 12.2. The number of hydrogen-bond donors (Lipinski definition) is 1. The second-order valence-corrected chi connectivity index (χ2v) is 6.02. The van der Waals surface area contributed by atoms with Gasteiger partial charge in [0.05, 0.1) is 0 Å². The molecule has 1 aliphatic heterocycles. The van der Waals surface area contributed by atoms with Crippen LogP contribution in [-0.4, -0.2) is 6.54 Å². The SMILES string of the molecule is c1ccc(C[C@H]2CCCN[C@@H]2c2cccs2)cc1. The van der Waals surface area contributed by atoms with Gasteiger partial charge < -0.3 is 5.32 Å². The van der Waals surface area contributed by atoms with E-state index in [1.54, 1.807) is 0 Å². The van der Waals surface area contributed by atoms with Crippen LogP contribution in [-0.2, 0) is 6.42 Å². The molecule has 0 spiro atoms. The summed E-state index contributed by atoms with van der Waals surface area (Å²) in [4.78, 5) is 1.50. The molecule has 2 heterocycles. The maximum absolute atomic E-state index is 3.70. The van der Waals surface area contributed by atoms with Crippen LogP contribution in [0.25, 0.3) is 0 Å². The van der Waals surface area contributed by atoms with Gasteiger partial charge in [-0.25, -0.2) is 0 Å². The monoisotopic (exact) mass is 257 g/mol. The Hall–Kier alpha value is -1.12. The zero-order valence-electron chi connectivity index (χ0n) is 10.5. The van der Waals surface area contributed by atoms with Crippen LogP contribution in [0.1, 0.15) is 29.3 Å². The van der Waals surface area contributed by atoms with Crippen LogP contribution in [0.15, 0.2) is 47.8 Å². The summed E-state index contributed by atoms with van der Waals surface area (Å²) in [6.07, 6.45) is 3.83. The zero-order valence-corrected chi connectivity index (χ0v) is 11.3. The van der Waals surface area contributed by atoms with Crippen molar-refractivity contribution in [2.24, 2.45) is 5.92 Å². The van der Waals surface area contributed by atoms with Gasteiger partial charge in [0.25, 0.3) is 0 Å². The van der Waals surface area contributed by atoms with Gasteiger partial charge >= 0.3 is 0 Å². The third-order valence-electron chi connectivity index (χ3n) is 3.78. The molecule has 0 unspecified atom stereocenters. The lowest BCUT2D eigenvalue weighted by Crippen LogP contribution is -2.34. The highest BCUT2D eigenvalue weighted by Crippen LogP contribution is 2.34. The molecular weight excluding hydrogens is 238 g/mol. The molecule has 1 N–H and O–H groups in total. The Labute approximate surface area is 113 Å². The molecule has 3 rings (SSSR count). The average Bonchev–Trinajstić information content (AvgIpc) is 2.94. The number of rotatable bonds is 3. The molecule has 0 saturated carbocycles. The molecule has 1 aromatic carbocycles. The maximum atomic E-state index is 3.70. The first-order valence-electron chi connectivity index (χ1n) is 6.74. The number of hydrogen-bond acceptors (Lipinski definition) is 2. The van der Waals surface area contributed by atoms with E-state index in [1.165, 1.54) is 29.7 Å². The summed E-state index contributed by atoms with van der Waals surface area (Å²) in [5.74, 6) is 0.736. The molecule has 1 fully saturated rings. The van der Waals surface area contributed by atoms with E-state index < -0.39 is 0 Å². The topological polar surface area (TPSA) is 12.0 Å². The van der Waals surface area contributed by atoms with Gasteiger partial charge in [-0.2, -0.15) is 0 Å². The highest BCUT2D eigenvalue weighted by Gasteiger charge is 2.26. The van der Waals surface area contributed by atoms with Crippen LogP contribution in [0.4, 0.5) is 0 Å². The first-order chi connectivity index (χ1) is 8.93. The maximum Gasteiger partial charge on any atom is 0.0446 e. The number of benzene rings is 1. The summed E-state index contributed by atoms with van der Waals surface area (Å²) in [6, 6.07) is 15.9. The van der Waals surface area contributed by atoms with Crippen molar-refractivity contribution in [3.8, 4) is 0 Å². The van der Waals surface area contributed by atoms with Gasteiger partial charge in [0.1, 0.15) is 0 Å². The summed E-state index contributed by atoms with van der Waals surface area (Å²) >= 11 is 1.88. The minimum atomic E-state index is 0.555. The lowest BCUT2D eigenvalue weighted by Gasteiger charge is -2.32. The lowest BCUT2D eigenvalue weighted by atomic mass is 9.85. The Morgan fingerprint density at radius 1 is 1.11 bits per heavy atom. The minimum absolute atomic E-state index is 0.555. The quantitative estimate of drug-likeness (QED) is 0.875. The van der Waals surface area contributed by atoms with E-state index in [1.807, 2.05) is 11.3 Å². The molecule has 94 valence electrons. The van der Waals surface area contributed by atoms with Gasteiger partial charge in [0, 0.05) is 10.9 Å². The third kappa shape index (κ3) is 2.65. The smallest absolute Gasteiger partial charge is 0.0446 e. The largest absolute Gasteiger partial charge is 0.309 e. The third-order valence-corrected chi connectivity index (χ3v) is 4.73. The average molecular weight is 257 g/mol. The molecule has 0 radical (unpaired) electrons. The van der Waals surface area contributed by atoms with Gasteiger partial charge in [0.15, 0.2) is 0 Å². The molecule has 0 bridgehead atoms. The fourth-order valence-electron chi connectivity index (χ4n) is 2.89. The van der Waals surface area contributed by atoms with Crippen molar-refractivity contribution in [1.82, 2.24) is 5.32 Å². The first-order valence-corrected chi connectivity index (χ1v) is 7.62. The van der Waals surface area contributed by atoms with E-state index in [0.29, 0.717) is 6.04 Å². The van der Waals surface area contributed by atoms with E-state index in [0.717, 1.165) is 12.5 Å². The molecule has 1 saturated heterocycles. The van der Waals surface area contributed by atoms with Crippen LogP contribution in [0.2, 0.25) is 0 Å². The van der Waals surface area contributed by atoms with E-state index >= 15 is 0 Å². The van der Waals surface area contributed by atoms with Crippen molar-refractivity contribution >= 4 is 11.3 Å². The molecule has 2 aromatic rings. The highest BCUT2D eigenvalue weighted by atomic mass is 32.1. The second kappa shape index (κ2) is 5.68. The molecule has 2 heteroatoms. The number of thiophene rings is 1. The molecule has 1 aliphatic rings. The molecule has 0 amide bonds. The predicted molar refractivity (Wildman–Crippen MR) is 77.9 cm³/mol. The number of piperidine rings is 1. The van der Waals surface area contributed by atoms with Crippen molar-refractivity contribution < 1.29 is 0 Å². The fourth-order valence-corrected chi connectivity index (χ4v) is 3.79. The van der Waals surface area contributed by atoms with Crippen molar-refractivity contribution in [1.29, 1.82) is 0 Å². The van der Waals surface area contributed by atoms with Gasteiger partial charge in [-0.15, -0.1) is 11.3 Å². The Morgan fingerprint density at radius 2 is 2.00 bits per heavy atom. The van der Waals surface area contributed by atoms with Gasteiger partial charge in [0.2, 0.25) is 0 Å². The van der Waals surface area contributed by atoms with E-state index in [4.69, 9.17) is 0 Å². The standard InChI is InChI=1S/C16H19NS/c1-2-6-13(7-3-1)12-14-8-4-10-17-16(14)15-9-5-11-18-15/h1-3,5-7,9,11,14,16-17H,4,8,10,12H2/t14-,16+/m1/s1. The Balaban J connectivity index is 1.76.